The summed E-state index contributed by atoms with van der Waals surface area (Å²) in [6.07, 6.45) is 11.1. The lowest BCUT2D eigenvalue weighted by Crippen LogP contribution is -2.50. The molecule has 41 heavy (non-hydrogen) atoms. The van der Waals surface area contributed by atoms with E-state index < -0.39 is 6.10 Å². The lowest BCUT2D eigenvalue weighted by molar-refractivity contribution is -0.144. The Bertz CT molecular complexity index is 1020. The summed E-state index contributed by atoms with van der Waals surface area (Å²) in [6.45, 7) is 12.1. The minimum Gasteiger partial charge on any atom is -0.459 e. The van der Waals surface area contributed by atoms with E-state index >= 15 is 0 Å². The third-order valence-electron chi connectivity index (χ3n) is 8.51. The first-order valence-electron chi connectivity index (χ1n) is 14.7. The Hall–Kier alpha value is -2.53. The summed E-state index contributed by atoms with van der Waals surface area (Å²) < 4.78 is 23.5. The van der Waals surface area contributed by atoms with Gasteiger partial charge in [0.15, 0.2) is 0 Å². The first-order chi connectivity index (χ1) is 19.3. The number of allylic oxidation sites excluding steroid dienone is 2. The van der Waals surface area contributed by atoms with Crippen LogP contribution in [0, 0.1) is 11.8 Å². The molecular formula is C31H49N3O7. The van der Waals surface area contributed by atoms with Crippen molar-refractivity contribution in [2.75, 3.05) is 20.7 Å². The number of hydrogen-bond donors (Lipinski definition) is 2. The highest BCUT2D eigenvalue weighted by Crippen LogP contribution is 2.47. The van der Waals surface area contributed by atoms with E-state index in [0.29, 0.717) is 13.0 Å². The zero-order chi connectivity index (χ0) is 30.3. The molecule has 3 aliphatic heterocycles. The smallest absolute Gasteiger partial charge is 0.303 e. The van der Waals surface area contributed by atoms with Crippen LogP contribution in [0.1, 0.15) is 67.2 Å². The monoisotopic (exact) mass is 575 g/mol. The third-order valence-corrected chi connectivity index (χ3v) is 8.51. The molecule has 3 aliphatic rings. The predicted molar refractivity (Wildman–Crippen MR) is 156 cm³/mol. The fraction of sp³-hybridized carbons (Fsp3) is 0.710. The number of ether oxygens (including phenoxy) is 4. The minimum absolute atomic E-state index is 0.00961. The molecule has 0 radical (unpaired) electrons. The van der Waals surface area contributed by atoms with Crippen LogP contribution in [0.15, 0.2) is 36.0 Å². The second-order valence-electron chi connectivity index (χ2n) is 11.9. The van der Waals surface area contributed by atoms with Crippen molar-refractivity contribution in [3.05, 3.63) is 36.0 Å². The second-order valence-corrected chi connectivity index (χ2v) is 11.9. The topological polar surface area (TPSA) is 119 Å². The highest BCUT2D eigenvalue weighted by atomic mass is 16.6. The molecule has 3 heterocycles. The van der Waals surface area contributed by atoms with Crippen LogP contribution in [0.2, 0.25) is 0 Å². The first-order valence-corrected chi connectivity index (χ1v) is 14.7. The summed E-state index contributed by atoms with van der Waals surface area (Å²) in [5, 5.41) is 4.50. The molecule has 3 fully saturated rings. The van der Waals surface area contributed by atoms with Crippen molar-refractivity contribution >= 4 is 17.8 Å². The molecular weight excluding hydrogens is 526 g/mol. The van der Waals surface area contributed by atoms with Crippen LogP contribution in [0.4, 0.5) is 0 Å². The van der Waals surface area contributed by atoms with Gasteiger partial charge in [-0.15, -0.1) is 0 Å². The summed E-state index contributed by atoms with van der Waals surface area (Å²) in [4.78, 5) is 35.9. The highest BCUT2D eigenvalue weighted by Gasteiger charge is 2.56. The van der Waals surface area contributed by atoms with E-state index in [2.05, 4.69) is 49.7 Å². The predicted octanol–water partition coefficient (Wildman–Crippen LogP) is 3.23. The van der Waals surface area contributed by atoms with Crippen molar-refractivity contribution in [2.24, 2.45) is 11.8 Å². The Morgan fingerprint density at radius 2 is 1.85 bits per heavy atom. The maximum Gasteiger partial charge on any atom is 0.303 e. The Balaban J connectivity index is 1.51. The maximum atomic E-state index is 12.4. The van der Waals surface area contributed by atoms with Crippen molar-refractivity contribution in [3.63, 3.8) is 0 Å². The Morgan fingerprint density at radius 1 is 1.15 bits per heavy atom. The number of epoxide rings is 1. The average Bonchev–Trinajstić information content (AvgIpc) is 3.68. The van der Waals surface area contributed by atoms with Crippen LogP contribution in [0.5, 0.6) is 0 Å². The Kier molecular flexibility index (Phi) is 11.7. The number of amides is 2. The van der Waals surface area contributed by atoms with Gasteiger partial charge >= 0.3 is 5.97 Å². The summed E-state index contributed by atoms with van der Waals surface area (Å²) >= 11 is 0. The zero-order valence-corrected chi connectivity index (χ0v) is 25.8. The van der Waals surface area contributed by atoms with Gasteiger partial charge in [-0.1, -0.05) is 37.6 Å². The SMILES string of the molecule is CNN(C)C(=O)CC1CC2(CO2)C(C)C(C=CC(C)=CCC2OC(C)C(NC(=O)C=CC(C)OC(C)=O)CC2C)O1. The molecule has 230 valence electrons. The first kappa shape index (κ1) is 33.0. The molecule has 9 atom stereocenters. The molecule has 0 aliphatic carbocycles. The van der Waals surface area contributed by atoms with E-state index in [4.69, 9.17) is 18.9 Å². The fourth-order valence-corrected chi connectivity index (χ4v) is 5.61. The summed E-state index contributed by atoms with van der Waals surface area (Å²) in [5.41, 5.74) is 3.77. The van der Waals surface area contributed by atoms with E-state index in [1.54, 1.807) is 27.1 Å². The van der Waals surface area contributed by atoms with Crippen molar-refractivity contribution in [1.82, 2.24) is 15.8 Å². The molecule has 2 amide bonds. The fourth-order valence-electron chi connectivity index (χ4n) is 5.61. The number of esters is 1. The van der Waals surface area contributed by atoms with E-state index in [9.17, 15) is 14.4 Å². The molecule has 3 rings (SSSR count). The molecule has 9 unspecified atom stereocenters. The number of hydrogen-bond acceptors (Lipinski definition) is 8. The Morgan fingerprint density at radius 3 is 2.49 bits per heavy atom. The lowest BCUT2D eigenvalue weighted by Gasteiger charge is -2.39. The number of carbonyl (C=O) groups excluding carboxylic acids is 3. The third kappa shape index (κ3) is 9.49. The molecule has 0 bridgehead atoms. The molecule has 1 spiro atoms. The van der Waals surface area contributed by atoms with Crippen molar-refractivity contribution in [3.8, 4) is 0 Å². The van der Waals surface area contributed by atoms with Crippen molar-refractivity contribution in [2.45, 2.75) is 109 Å². The standard InChI is InChI=1S/C31H49N3O7/c1-19(10-13-28-22(4)31(18-38-31)17-25(41-28)16-30(37)34(8)32-7)9-12-27-20(2)15-26(23(5)40-27)33-29(36)14-11-21(3)39-24(6)35/h9-11,13-14,20-23,25-28,32H,12,15-18H2,1-8H3,(H,33,36). The molecule has 3 saturated heterocycles. The lowest BCUT2D eigenvalue weighted by atomic mass is 9.81. The molecule has 10 heteroatoms. The van der Waals surface area contributed by atoms with Gasteiger partial charge in [0.25, 0.3) is 0 Å². The largest absolute Gasteiger partial charge is 0.459 e. The van der Waals surface area contributed by atoms with Crippen LogP contribution in [-0.2, 0) is 33.3 Å². The van der Waals surface area contributed by atoms with Gasteiger partial charge < -0.3 is 24.3 Å². The number of hydrazine groups is 1. The second kappa shape index (κ2) is 14.6. The molecule has 0 aromatic carbocycles. The number of nitrogens with zero attached hydrogens (tertiary/aromatic N) is 1. The van der Waals surface area contributed by atoms with Crippen LogP contribution in [0.3, 0.4) is 0 Å². The van der Waals surface area contributed by atoms with Gasteiger partial charge in [0.2, 0.25) is 11.8 Å². The Labute approximate surface area is 244 Å². The van der Waals surface area contributed by atoms with Gasteiger partial charge in [0.05, 0.1) is 49.1 Å². The van der Waals surface area contributed by atoms with Gasteiger partial charge in [-0.2, -0.15) is 0 Å². The van der Waals surface area contributed by atoms with Gasteiger partial charge in [-0.3, -0.25) is 19.4 Å². The van der Waals surface area contributed by atoms with Gasteiger partial charge in [0, 0.05) is 39.4 Å². The van der Waals surface area contributed by atoms with E-state index in [-0.39, 0.29) is 65.7 Å². The molecule has 0 saturated carbocycles. The van der Waals surface area contributed by atoms with Gasteiger partial charge in [0.1, 0.15) is 6.10 Å². The molecule has 2 N–H and O–H groups in total. The van der Waals surface area contributed by atoms with Crippen molar-refractivity contribution < 1.29 is 33.3 Å². The van der Waals surface area contributed by atoms with Gasteiger partial charge in [-0.05, 0) is 45.6 Å². The summed E-state index contributed by atoms with van der Waals surface area (Å²) in [7, 11) is 3.44. The van der Waals surface area contributed by atoms with E-state index in [1.807, 2.05) is 6.92 Å². The van der Waals surface area contributed by atoms with Crippen molar-refractivity contribution in [1.29, 1.82) is 0 Å². The number of nitrogens with one attached hydrogen (secondary N) is 2. The maximum absolute atomic E-state index is 12.4. The normalized spacial score (nSPS) is 34.5. The van der Waals surface area contributed by atoms with Crippen LogP contribution in [0.25, 0.3) is 0 Å². The summed E-state index contributed by atoms with van der Waals surface area (Å²) in [5.74, 6) is -0.158. The number of carbonyl (C=O) groups is 3. The zero-order valence-electron chi connectivity index (χ0n) is 25.8. The van der Waals surface area contributed by atoms with Crippen LogP contribution < -0.4 is 10.7 Å². The van der Waals surface area contributed by atoms with E-state index in [0.717, 1.165) is 24.8 Å². The van der Waals surface area contributed by atoms with E-state index in [1.165, 1.54) is 18.0 Å². The molecule has 0 aromatic heterocycles. The average molecular weight is 576 g/mol. The summed E-state index contributed by atoms with van der Waals surface area (Å²) in [6, 6.07) is -0.0953. The van der Waals surface area contributed by atoms with Crippen LogP contribution >= 0.6 is 0 Å². The van der Waals surface area contributed by atoms with Crippen LogP contribution in [-0.4, -0.2) is 85.7 Å². The minimum atomic E-state index is -0.460. The highest BCUT2D eigenvalue weighted by molar-refractivity contribution is 5.87. The molecule has 10 nitrogen and oxygen atoms in total. The number of rotatable bonds is 11. The quantitative estimate of drug-likeness (QED) is 0.127. The molecule has 0 aromatic rings. The van der Waals surface area contributed by atoms with Gasteiger partial charge in [-0.25, -0.2) is 5.43 Å².